The molecule has 0 saturated carbocycles. The smallest absolute Gasteiger partial charge is 0.151 e. The summed E-state index contributed by atoms with van der Waals surface area (Å²) in [6, 6.07) is 61.1. The number of aryl methyl sites for hydroxylation is 1. The first-order valence-corrected chi connectivity index (χ1v) is 22.7. The van der Waals surface area contributed by atoms with Gasteiger partial charge in [-0.1, -0.05) is 62.0 Å². The molecule has 10 nitrogen and oxygen atoms in total. The van der Waals surface area contributed by atoms with Gasteiger partial charge in [0.05, 0.1) is 52.7 Å². The van der Waals surface area contributed by atoms with E-state index >= 15 is 0 Å². The monoisotopic (exact) mass is 915 g/mol. The van der Waals surface area contributed by atoms with Gasteiger partial charge >= 0.3 is 0 Å². The average molecular weight is 916 g/mol. The van der Waals surface area contributed by atoms with Gasteiger partial charge < -0.3 is 9.80 Å². The lowest BCUT2D eigenvalue weighted by Crippen LogP contribution is -2.32. The Balaban J connectivity index is 0.000000274. The van der Waals surface area contributed by atoms with Gasteiger partial charge in [0.15, 0.2) is 12.6 Å². The van der Waals surface area contributed by atoms with Crippen LogP contribution in [0.25, 0.3) is 0 Å². The van der Waals surface area contributed by atoms with Crippen LogP contribution in [0.1, 0.15) is 82.2 Å². The van der Waals surface area contributed by atoms with Crippen molar-refractivity contribution in [2.45, 2.75) is 20.5 Å². The fourth-order valence-electron chi connectivity index (χ4n) is 6.86. The molecule has 0 bridgehead atoms. The lowest BCUT2D eigenvalue weighted by molar-refractivity contribution is 0.111. The number of carbonyl (C=O) groups excluding carboxylic acids is 4. The minimum Gasteiger partial charge on any atom is -0.378 e. The van der Waals surface area contributed by atoms with Gasteiger partial charge in [-0.3, -0.25) is 19.2 Å². The number of hydrogen-bond acceptors (Lipinski definition) is 10. The van der Waals surface area contributed by atoms with E-state index in [4.69, 9.17) is 10.5 Å². The predicted molar refractivity (Wildman–Crippen MR) is 275 cm³/mol. The zero-order chi connectivity index (χ0) is 48.8. The van der Waals surface area contributed by atoms with Crippen LogP contribution in [0.15, 0.2) is 164 Å². The molecule has 0 N–H and O–H groups in total. The molecule has 0 aliphatic rings. The largest absolute Gasteiger partial charge is 0.378 e. The molecule has 7 rings (SSSR count). The Labute approximate surface area is 400 Å². The van der Waals surface area contributed by atoms with E-state index in [0.717, 1.165) is 46.2 Å². The number of benzene rings is 7. The first-order valence-electron chi connectivity index (χ1n) is 20.8. The van der Waals surface area contributed by atoms with Crippen molar-refractivity contribution < 1.29 is 19.2 Å². The molecule has 0 fully saturated rings. The summed E-state index contributed by atoms with van der Waals surface area (Å²) in [5, 5.41) is 40.6. The SMILES string of the molecule is C.CN(C)c1ccc(C=O)cc1.CN(C)c1ccc(C=O)cc1.Cc1cc(C#N)c(C[P+](c2ccccc2)(c2ccccc2)c2ccccc2)cc1C#N.N#Cc1cc(C=O)c(C#N)cc1C=O. The quantitative estimate of drug-likeness (QED) is 0.0899. The summed E-state index contributed by atoms with van der Waals surface area (Å²) in [5.74, 6) is 0. The molecule has 0 aromatic heterocycles. The number of carbonyl (C=O) groups is 4. The summed E-state index contributed by atoms with van der Waals surface area (Å²) >= 11 is 0. The fraction of sp³-hybridized carbons (Fsp3) is 0.123. The van der Waals surface area contributed by atoms with Crippen molar-refractivity contribution >= 4 is 59.7 Å². The zero-order valence-electron chi connectivity index (χ0n) is 37.9. The first kappa shape index (κ1) is 53.5. The third-order valence-electron chi connectivity index (χ3n) is 10.5. The normalized spacial score (nSPS) is 9.66. The lowest BCUT2D eigenvalue weighted by atomic mass is 10.0. The van der Waals surface area contributed by atoms with E-state index in [1.54, 1.807) is 12.1 Å². The molecule has 0 atom stereocenters. The highest BCUT2D eigenvalue weighted by molar-refractivity contribution is 7.95. The maximum atomic E-state index is 10.5. The number of anilines is 2. The standard InChI is InChI=1S/C28H22N2P.C10H4N2O2.2C9H11NO.CH4/c1-22-17-24(20-30)25(18-23(22)19-29)21-31(26-11-5-2-6-12-26,27-13-7-3-8-14-27)28-15-9-4-10-16-28;11-3-7-1-9(5-13)8(4-12)2-10(7)6-14;2*1-10(2)9-5-3-8(7-11)4-6-9;/h2-18H,21H2,1H3;1-2,5-6H;2*3-7H,1-2H3;1H4/q+1;;;;. The molecule has 11 heteroatoms. The van der Waals surface area contributed by atoms with Gasteiger partial charge in [-0.2, -0.15) is 21.0 Å². The van der Waals surface area contributed by atoms with Crippen molar-refractivity contribution in [3.8, 4) is 24.3 Å². The zero-order valence-corrected chi connectivity index (χ0v) is 38.8. The van der Waals surface area contributed by atoms with Crippen molar-refractivity contribution in [1.82, 2.24) is 0 Å². The average Bonchev–Trinajstić information content (AvgIpc) is 3.39. The number of nitriles is 4. The van der Waals surface area contributed by atoms with E-state index in [2.05, 4.69) is 84.9 Å². The van der Waals surface area contributed by atoms with Gasteiger partial charge in [-0.15, -0.1) is 0 Å². The maximum Gasteiger partial charge on any atom is 0.151 e. The van der Waals surface area contributed by atoms with Gasteiger partial charge in [0, 0.05) is 67.4 Å². The summed E-state index contributed by atoms with van der Waals surface area (Å²) in [5.41, 5.74) is 7.12. The van der Waals surface area contributed by atoms with Crippen molar-refractivity contribution in [3.05, 3.63) is 219 Å². The number of rotatable bonds is 11. The van der Waals surface area contributed by atoms with E-state index in [1.165, 1.54) is 28.0 Å². The Morgan fingerprint density at radius 3 is 1.06 bits per heavy atom. The van der Waals surface area contributed by atoms with Crippen LogP contribution in [0, 0.1) is 52.2 Å². The van der Waals surface area contributed by atoms with E-state index < -0.39 is 7.26 Å². The van der Waals surface area contributed by atoms with Crippen LogP contribution in [0.2, 0.25) is 0 Å². The molecule has 68 heavy (non-hydrogen) atoms. The lowest BCUT2D eigenvalue weighted by Gasteiger charge is -2.28. The number of hydrogen-bond donors (Lipinski definition) is 0. The van der Waals surface area contributed by atoms with Crippen LogP contribution < -0.4 is 25.7 Å². The van der Waals surface area contributed by atoms with Gasteiger partial charge in [0.25, 0.3) is 0 Å². The third kappa shape index (κ3) is 13.9. The summed E-state index contributed by atoms with van der Waals surface area (Å²) in [6.07, 6.45) is 3.34. The summed E-state index contributed by atoms with van der Waals surface area (Å²) in [6.45, 7) is 1.89. The molecule has 338 valence electrons. The van der Waals surface area contributed by atoms with E-state index in [0.29, 0.717) is 29.9 Å². The maximum absolute atomic E-state index is 10.5. The predicted octanol–water partition coefficient (Wildman–Crippen LogP) is 10.1. The van der Waals surface area contributed by atoms with E-state index in [-0.39, 0.29) is 29.7 Å². The second kappa shape index (κ2) is 26.9. The second-order valence-corrected chi connectivity index (χ2v) is 18.7. The van der Waals surface area contributed by atoms with Gasteiger partial charge in [-0.25, -0.2) is 0 Å². The third-order valence-corrected chi connectivity index (χ3v) is 14.9. The molecule has 7 aromatic carbocycles. The van der Waals surface area contributed by atoms with Crippen molar-refractivity contribution in [3.63, 3.8) is 0 Å². The Morgan fingerprint density at radius 2 is 0.779 bits per heavy atom. The highest BCUT2D eigenvalue weighted by Gasteiger charge is 2.46. The fourth-order valence-corrected chi connectivity index (χ4v) is 11.1. The highest BCUT2D eigenvalue weighted by atomic mass is 31.2. The van der Waals surface area contributed by atoms with Gasteiger partial charge in [0.1, 0.15) is 35.7 Å². The van der Waals surface area contributed by atoms with Crippen LogP contribution >= 0.6 is 7.26 Å². The molecule has 0 spiro atoms. The van der Waals surface area contributed by atoms with Crippen LogP contribution in [-0.2, 0) is 6.16 Å². The Kier molecular flexibility index (Phi) is 21.2. The molecular formula is C57H52N6O4P+. The molecule has 0 saturated heterocycles. The molecule has 0 unspecified atom stereocenters. The minimum absolute atomic E-state index is 0. The second-order valence-electron chi connectivity index (χ2n) is 15.2. The highest BCUT2D eigenvalue weighted by Crippen LogP contribution is 2.58. The summed E-state index contributed by atoms with van der Waals surface area (Å²) < 4.78 is 0. The first-order chi connectivity index (χ1) is 32.4. The topological polar surface area (TPSA) is 170 Å². The molecule has 0 aliphatic carbocycles. The minimum atomic E-state index is -2.12. The van der Waals surface area contributed by atoms with Gasteiger partial charge in [-0.05, 0) is 122 Å². The Hall–Kier alpha value is -8.79. The number of aldehydes is 4. The van der Waals surface area contributed by atoms with Gasteiger partial charge in [0.2, 0.25) is 0 Å². The number of nitrogens with zero attached hydrogens (tertiary/aromatic N) is 6. The van der Waals surface area contributed by atoms with Crippen LogP contribution in [0.3, 0.4) is 0 Å². The molecule has 0 radical (unpaired) electrons. The molecule has 0 amide bonds. The van der Waals surface area contributed by atoms with Crippen LogP contribution in [-0.4, -0.2) is 53.3 Å². The van der Waals surface area contributed by atoms with Crippen molar-refractivity contribution in [2.24, 2.45) is 0 Å². The van der Waals surface area contributed by atoms with Crippen molar-refractivity contribution in [1.29, 1.82) is 21.0 Å². The summed E-state index contributed by atoms with van der Waals surface area (Å²) in [7, 11) is 5.75. The molecule has 7 aromatic rings. The molecule has 0 heterocycles. The van der Waals surface area contributed by atoms with E-state index in [1.807, 2.05) is 124 Å². The van der Waals surface area contributed by atoms with Crippen LogP contribution in [0.5, 0.6) is 0 Å². The molecule has 0 aliphatic heterocycles. The molecular weight excluding hydrogens is 864 g/mol. The Morgan fingerprint density at radius 1 is 0.441 bits per heavy atom. The van der Waals surface area contributed by atoms with Crippen LogP contribution in [0.4, 0.5) is 11.4 Å². The Bertz CT molecular complexity index is 2750. The van der Waals surface area contributed by atoms with E-state index in [9.17, 15) is 29.7 Å². The van der Waals surface area contributed by atoms with Crippen molar-refractivity contribution in [2.75, 3.05) is 38.0 Å². The summed E-state index contributed by atoms with van der Waals surface area (Å²) in [4.78, 5) is 45.5.